The van der Waals surface area contributed by atoms with Gasteiger partial charge in [0.1, 0.15) is 35.8 Å². The SMILES string of the molecule is CCCCCCCCCCCCCCCCCCOCCOP(=O)(O)OC[C@H]1O[C@@](C)(c2ccc3c(N)ncnn23)[C@H](O)[C@@H]1O. The molecule has 2 aromatic heterocycles. The summed E-state index contributed by atoms with van der Waals surface area (Å²) in [5.41, 5.74) is 5.46. The first-order valence-electron chi connectivity index (χ1n) is 17.0. The Kier molecular flexibility index (Phi) is 16.7. The summed E-state index contributed by atoms with van der Waals surface area (Å²) in [6.07, 6.45) is 18.4. The van der Waals surface area contributed by atoms with Crippen LogP contribution in [0.5, 0.6) is 0 Å². The van der Waals surface area contributed by atoms with Crippen molar-refractivity contribution in [2.75, 3.05) is 32.2 Å². The van der Waals surface area contributed by atoms with Gasteiger partial charge in [-0.2, -0.15) is 5.10 Å². The number of phosphoric ester groups is 1. The van der Waals surface area contributed by atoms with E-state index in [0.29, 0.717) is 17.8 Å². The molecule has 1 unspecified atom stereocenters. The summed E-state index contributed by atoms with van der Waals surface area (Å²) in [6, 6.07) is 3.35. The highest BCUT2D eigenvalue weighted by atomic mass is 31.2. The van der Waals surface area contributed by atoms with Gasteiger partial charge in [0.15, 0.2) is 5.82 Å². The Morgan fingerprint density at radius 2 is 1.47 bits per heavy atom. The van der Waals surface area contributed by atoms with Crippen molar-refractivity contribution in [2.24, 2.45) is 0 Å². The number of aromatic nitrogens is 3. The van der Waals surface area contributed by atoms with E-state index in [9.17, 15) is 19.7 Å². The van der Waals surface area contributed by atoms with Gasteiger partial charge in [0.25, 0.3) is 0 Å². The molecule has 0 aromatic carbocycles. The van der Waals surface area contributed by atoms with Gasteiger partial charge in [0, 0.05) is 6.61 Å². The fourth-order valence-electron chi connectivity index (χ4n) is 5.93. The average Bonchev–Trinajstić information content (AvgIpc) is 3.56. The highest BCUT2D eigenvalue weighted by molar-refractivity contribution is 7.47. The predicted molar refractivity (Wildman–Crippen MR) is 174 cm³/mol. The minimum atomic E-state index is -4.43. The number of hydrogen-bond acceptors (Lipinski definition) is 10. The van der Waals surface area contributed by atoms with Gasteiger partial charge in [-0.1, -0.05) is 103 Å². The average molecular weight is 657 g/mol. The van der Waals surface area contributed by atoms with Crippen molar-refractivity contribution in [3.05, 3.63) is 24.2 Å². The van der Waals surface area contributed by atoms with E-state index in [1.165, 1.54) is 101 Å². The minimum absolute atomic E-state index is 0.113. The molecule has 0 spiro atoms. The van der Waals surface area contributed by atoms with Gasteiger partial charge in [0.2, 0.25) is 0 Å². The molecule has 0 saturated carbocycles. The maximum atomic E-state index is 12.4. The highest BCUT2D eigenvalue weighted by Crippen LogP contribution is 2.46. The summed E-state index contributed by atoms with van der Waals surface area (Å²) >= 11 is 0. The lowest BCUT2D eigenvalue weighted by Gasteiger charge is -2.27. The number of aliphatic hydroxyl groups is 2. The van der Waals surface area contributed by atoms with E-state index in [1.807, 2.05) is 0 Å². The van der Waals surface area contributed by atoms with Crippen LogP contribution < -0.4 is 5.73 Å². The largest absolute Gasteiger partial charge is 0.472 e. The van der Waals surface area contributed by atoms with Crippen molar-refractivity contribution in [3.8, 4) is 0 Å². The van der Waals surface area contributed by atoms with E-state index >= 15 is 0 Å². The lowest BCUT2D eigenvalue weighted by molar-refractivity contribution is -0.0889. The normalized spacial score (nSPS) is 23.2. The zero-order valence-electron chi connectivity index (χ0n) is 27.4. The summed E-state index contributed by atoms with van der Waals surface area (Å²) in [5, 5.41) is 25.6. The van der Waals surface area contributed by atoms with Crippen LogP contribution in [-0.2, 0) is 28.7 Å². The van der Waals surface area contributed by atoms with Gasteiger partial charge in [-0.25, -0.2) is 14.1 Å². The summed E-state index contributed by atoms with van der Waals surface area (Å²) in [7, 11) is -4.43. The number of nitrogens with two attached hydrogens (primary N) is 1. The molecule has 0 aliphatic carbocycles. The van der Waals surface area contributed by atoms with Crippen molar-refractivity contribution in [1.29, 1.82) is 0 Å². The molecule has 0 amide bonds. The molecular weight excluding hydrogens is 599 g/mol. The smallest absolute Gasteiger partial charge is 0.387 e. The fraction of sp³-hybridized carbons (Fsp3) is 0.812. The number of fused-ring (bicyclic) bond motifs is 1. The van der Waals surface area contributed by atoms with E-state index in [2.05, 4.69) is 17.0 Å². The molecule has 258 valence electrons. The highest BCUT2D eigenvalue weighted by Gasteiger charge is 2.54. The first-order chi connectivity index (χ1) is 21.7. The van der Waals surface area contributed by atoms with Gasteiger partial charge in [-0.3, -0.25) is 9.05 Å². The molecule has 1 saturated heterocycles. The van der Waals surface area contributed by atoms with Crippen molar-refractivity contribution >= 4 is 19.2 Å². The first-order valence-corrected chi connectivity index (χ1v) is 18.5. The van der Waals surface area contributed by atoms with Crippen LogP contribution in [0.4, 0.5) is 5.82 Å². The topological polar surface area (TPSA) is 171 Å². The predicted octanol–water partition coefficient (Wildman–Crippen LogP) is 6.06. The number of rotatable bonds is 25. The van der Waals surface area contributed by atoms with Crippen molar-refractivity contribution in [1.82, 2.24) is 14.6 Å². The molecule has 2 aromatic rings. The van der Waals surface area contributed by atoms with Crippen LogP contribution in [0.2, 0.25) is 0 Å². The van der Waals surface area contributed by atoms with Gasteiger partial charge in [-0.05, 0) is 25.5 Å². The molecular formula is C32H57N4O8P. The Morgan fingerprint density at radius 1 is 0.889 bits per heavy atom. The van der Waals surface area contributed by atoms with E-state index in [0.717, 1.165) is 12.8 Å². The number of nitrogens with zero attached hydrogens (tertiary/aromatic N) is 3. The third-order valence-corrected chi connectivity index (χ3v) is 9.67. The lowest BCUT2D eigenvalue weighted by Crippen LogP contribution is -2.39. The molecule has 1 fully saturated rings. The third kappa shape index (κ3) is 12.2. The van der Waals surface area contributed by atoms with Gasteiger partial charge in [0.05, 0.1) is 25.5 Å². The van der Waals surface area contributed by atoms with Crippen LogP contribution >= 0.6 is 7.82 Å². The zero-order chi connectivity index (χ0) is 32.5. The second-order valence-corrected chi connectivity index (χ2v) is 13.8. The summed E-state index contributed by atoms with van der Waals surface area (Å²) in [5.74, 6) is 0.250. The molecule has 12 nitrogen and oxygen atoms in total. The quantitative estimate of drug-likeness (QED) is 0.0723. The molecule has 1 aliphatic heterocycles. The number of anilines is 1. The summed E-state index contributed by atoms with van der Waals surface area (Å²) in [4.78, 5) is 14.0. The van der Waals surface area contributed by atoms with Gasteiger partial charge in [-0.15, -0.1) is 0 Å². The maximum Gasteiger partial charge on any atom is 0.472 e. The molecule has 3 rings (SSSR count). The Bertz CT molecular complexity index is 1150. The maximum absolute atomic E-state index is 12.4. The lowest BCUT2D eigenvalue weighted by atomic mass is 9.93. The zero-order valence-corrected chi connectivity index (χ0v) is 28.2. The van der Waals surface area contributed by atoms with Crippen LogP contribution in [0, 0.1) is 0 Å². The number of phosphoric acid groups is 1. The Balaban J connectivity index is 1.18. The monoisotopic (exact) mass is 656 g/mol. The Morgan fingerprint density at radius 3 is 2.07 bits per heavy atom. The fourth-order valence-corrected chi connectivity index (χ4v) is 6.64. The van der Waals surface area contributed by atoms with E-state index in [1.54, 1.807) is 19.1 Å². The van der Waals surface area contributed by atoms with E-state index in [4.69, 9.17) is 24.3 Å². The molecule has 0 radical (unpaired) electrons. The second-order valence-electron chi connectivity index (χ2n) is 12.4. The number of nitrogen functional groups attached to an aromatic ring is 1. The number of ether oxygens (including phenoxy) is 2. The van der Waals surface area contributed by atoms with Gasteiger partial charge >= 0.3 is 7.82 Å². The van der Waals surface area contributed by atoms with Gasteiger partial charge < -0.3 is 30.3 Å². The first kappa shape index (κ1) is 37.8. The van der Waals surface area contributed by atoms with Crippen LogP contribution in [0.3, 0.4) is 0 Å². The molecule has 1 aliphatic rings. The molecule has 5 atom stereocenters. The molecule has 0 bridgehead atoms. The number of unbranched alkanes of at least 4 members (excludes halogenated alkanes) is 15. The minimum Gasteiger partial charge on any atom is -0.387 e. The standard InChI is InChI=1S/C32H57N4O8P/c1-3-4-5-6-7-8-9-10-11-12-13-14-15-16-17-18-21-41-22-23-42-45(39,40)43-24-27-29(37)30(38)32(2,44-27)28-20-19-26-31(33)34-25-35-36(26)28/h19-20,25,27,29-30,37-38H,3-18,21-24H2,1-2H3,(H,39,40)(H2,33,34,35)/t27-,29-,30-,32+/m1/s1. The van der Waals surface area contributed by atoms with E-state index in [-0.39, 0.29) is 19.0 Å². The third-order valence-electron chi connectivity index (χ3n) is 8.68. The second kappa shape index (κ2) is 19.9. The molecule has 13 heteroatoms. The van der Waals surface area contributed by atoms with Crippen LogP contribution in [0.1, 0.15) is 122 Å². The van der Waals surface area contributed by atoms with E-state index < -0.39 is 38.3 Å². The summed E-state index contributed by atoms with van der Waals surface area (Å²) < 4.78 is 35.4. The van der Waals surface area contributed by atoms with Crippen LogP contribution in [0.15, 0.2) is 18.5 Å². The van der Waals surface area contributed by atoms with Crippen molar-refractivity contribution in [2.45, 2.75) is 140 Å². The van der Waals surface area contributed by atoms with Crippen molar-refractivity contribution in [3.63, 3.8) is 0 Å². The van der Waals surface area contributed by atoms with Crippen LogP contribution in [0.25, 0.3) is 5.52 Å². The molecule has 45 heavy (non-hydrogen) atoms. The number of hydrogen-bond donors (Lipinski definition) is 4. The Hall–Kier alpha value is -1.63. The summed E-state index contributed by atoms with van der Waals surface area (Å²) in [6.45, 7) is 4.01. The van der Waals surface area contributed by atoms with Crippen LogP contribution in [-0.4, -0.2) is 74.4 Å². The molecule has 3 heterocycles. The molecule has 5 N–H and O–H groups in total. The van der Waals surface area contributed by atoms with Crippen molar-refractivity contribution < 1.29 is 38.2 Å². The number of aliphatic hydroxyl groups excluding tert-OH is 2. The Labute approximate surface area is 268 Å².